The van der Waals surface area contributed by atoms with Crippen molar-refractivity contribution < 1.29 is 22.8 Å². The van der Waals surface area contributed by atoms with Gasteiger partial charge in [0.25, 0.3) is 0 Å². The molecule has 0 aliphatic carbocycles. The van der Waals surface area contributed by atoms with E-state index in [9.17, 15) is 22.8 Å². The van der Waals surface area contributed by atoms with E-state index >= 15 is 0 Å². The lowest BCUT2D eigenvalue weighted by Gasteiger charge is -2.08. The number of alkyl halides is 3. The number of nitrogens with one attached hydrogen (secondary N) is 2. The Morgan fingerprint density at radius 1 is 1.15 bits per heavy atom. The Hall–Kier alpha value is -4.09. The van der Waals surface area contributed by atoms with Crippen LogP contribution >= 0.6 is 0 Å². The molecule has 0 fully saturated rings. The van der Waals surface area contributed by atoms with Gasteiger partial charge in [-0.15, -0.1) is 0 Å². The number of hydrogen-bond acceptors (Lipinski definition) is 6. The molecule has 0 bridgehead atoms. The van der Waals surface area contributed by atoms with Crippen LogP contribution in [0, 0.1) is 0 Å². The maximum Gasteiger partial charge on any atom is 0.433 e. The number of amides is 1. The van der Waals surface area contributed by atoms with E-state index in [1.807, 2.05) is 23.5 Å². The van der Waals surface area contributed by atoms with Crippen molar-refractivity contribution in [3.8, 4) is 0 Å². The van der Waals surface area contributed by atoms with E-state index in [2.05, 4.69) is 25.4 Å². The van der Waals surface area contributed by atoms with Crippen molar-refractivity contribution in [1.29, 1.82) is 0 Å². The largest absolute Gasteiger partial charge is 0.433 e. The molecule has 2 N–H and O–H groups in total. The predicted octanol–water partition coefficient (Wildman–Crippen LogP) is 3.56. The zero-order chi connectivity index (χ0) is 23.8. The molecule has 12 heteroatoms. The van der Waals surface area contributed by atoms with E-state index in [4.69, 9.17) is 0 Å². The van der Waals surface area contributed by atoms with Crippen LogP contribution in [0.3, 0.4) is 0 Å². The molecular formula is C21H18F3N7O2. The van der Waals surface area contributed by atoms with Crippen molar-refractivity contribution >= 4 is 28.4 Å². The van der Waals surface area contributed by atoms with Crippen LogP contribution in [-0.4, -0.2) is 41.4 Å². The van der Waals surface area contributed by atoms with E-state index < -0.39 is 24.2 Å². The van der Waals surface area contributed by atoms with Crippen molar-refractivity contribution in [3.05, 3.63) is 65.8 Å². The SMILES string of the molecule is CC(C)n1cc(C(=O)c2cncc(NC(=O)Cc3cn[nH]c3C(F)(F)F)c2)c2cncnc21. The Labute approximate surface area is 185 Å². The zero-order valence-electron chi connectivity index (χ0n) is 17.5. The number of ketones is 1. The van der Waals surface area contributed by atoms with E-state index in [1.165, 1.54) is 24.8 Å². The fourth-order valence-electron chi connectivity index (χ4n) is 3.42. The lowest BCUT2D eigenvalue weighted by atomic mass is 10.1. The number of carbonyl (C=O) groups excluding carboxylic acids is 2. The Kier molecular flexibility index (Phi) is 5.66. The van der Waals surface area contributed by atoms with Crippen molar-refractivity contribution in [3.63, 3.8) is 0 Å². The maximum atomic E-state index is 13.2. The molecule has 0 aliphatic heterocycles. The van der Waals surface area contributed by atoms with E-state index in [0.717, 1.165) is 6.20 Å². The highest BCUT2D eigenvalue weighted by Gasteiger charge is 2.35. The predicted molar refractivity (Wildman–Crippen MR) is 112 cm³/mol. The average molecular weight is 457 g/mol. The molecule has 0 unspecified atom stereocenters. The molecule has 4 heterocycles. The van der Waals surface area contributed by atoms with Crippen LogP contribution in [0.15, 0.2) is 43.4 Å². The first-order chi connectivity index (χ1) is 15.6. The molecule has 0 atom stereocenters. The molecule has 0 radical (unpaired) electrons. The fraction of sp³-hybridized carbons (Fsp3) is 0.238. The summed E-state index contributed by atoms with van der Waals surface area (Å²) in [4.78, 5) is 37.7. The van der Waals surface area contributed by atoms with Crippen molar-refractivity contribution in [2.24, 2.45) is 0 Å². The molecule has 4 aromatic rings. The Bertz CT molecular complexity index is 1340. The van der Waals surface area contributed by atoms with Crippen molar-refractivity contribution in [1.82, 2.24) is 29.7 Å². The monoisotopic (exact) mass is 457 g/mol. The van der Waals surface area contributed by atoms with Gasteiger partial charge in [0, 0.05) is 41.1 Å². The van der Waals surface area contributed by atoms with Gasteiger partial charge in [-0.3, -0.25) is 19.7 Å². The first kappa shape index (κ1) is 22.1. The lowest BCUT2D eigenvalue weighted by Crippen LogP contribution is -2.17. The average Bonchev–Trinajstić information content (AvgIpc) is 3.38. The zero-order valence-corrected chi connectivity index (χ0v) is 17.5. The molecule has 0 saturated heterocycles. The third-order valence-corrected chi connectivity index (χ3v) is 4.93. The normalized spacial score (nSPS) is 11.8. The topological polar surface area (TPSA) is 118 Å². The number of rotatable bonds is 6. The van der Waals surface area contributed by atoms with Gasteiger partial charge in [0.15, 0.2) is 5.78 Å². The summed E-state index contributed by atoms with van der Waals surface area (Å²) in [5.74, 6) is -1.06. The second-order valence-electron chi connectivity index (χ2n) is 7.59. The summed E-state index contributed by atoms with van der Waals surface area (Å²) >= 11 is 0. The smallest absolute Gasteiger partial charge is 0.329 e. The standard InChI is InChI=1S/C21H18F3N7O2/c1-11(2)31-9-16(15-8-26-10-27-20(15)31)18(33)12-3-14(7-25-5-12)29-17(32)4-13-6-28-30-19(13)21(22,23)24/h3,5-11H,4H2,1-2H3,(H,28,30)(H,29,32). The molecule has 4 rings (SSSR count). The van der Waals surface area contributed by atoms with Gasteiger partial charge in [-0.25, -0.2) is 9.97 Å². The molecule has 0 saturated carbocycles. The van der Waals surface area contributed by atoms with Crippen LogP contribution in [0.5, 0.6) is 0 Å². The minimum absolute atomic E-state index is 0.0530. The summed E-state index contributed by atoms with van der Waals surface area (Å²) in [6, 6.07) is 1.47. The van der Waals surface area contributed by atoms with Gasteiger partial charge in [0.05, 0.1) is 30.1 Å². The molecule has 4 aromatic heterocycles. The van der Waals surface area contributed by atoms with Crippen LogP contribution in [0.25, 0.3) is 11.0 Å². The van der Waals surface area contributed by atoms with Gasteiger partial charge in [0.2, 0.25) is 5.91 Å². The van der Waals surface area contributed by atoms with Crippen LogP contribution < -0.4 is 5.32 Å². The lowest BCUT2D eigenvalue weighted by molar-refractivity contribution is -0.141. The first-order valence-electron chi connectivity index (χ1n) is 9.84. The third-order valence-electron chi connectivity index (χ3n) is 4.93. The molecule has 33 heavy (non-hydrogen) atoms. The first-order valence-corrected chi connectivity index (χ1v) is 9.84. The van der Waals surface area contributed by atoms with Crippen LogP contribution in [0.2, 0.25) is 0 Å². The number of carbonyl (C=O) groups is 2. The highest BCUT2D eigenvalue weighted by atomic mass is 19.4. The van der Waals surface area contributed by atoms with Crippen LogP contribution in [0.1, 0.15) is 47.1 Å². The summed E-state index contributed by atoms with van der Waals surface area (Å²) in [5.41, 5.74) is -0.0187. The number of H-pyrrole nitrogens is 1. The maximum absolute atomic E-state index is 13.2. The van der Waals surface area contributed by atoms with Crippen LogP contribution in [0.4, 0.5) is 18.9 Å². The van der Waals surface area contributed by atoms with Crippen LogP contribution in [-0.2, 0) is 17.4 Å². The summed E-state index contributed by atoms with van der Waals surface area (Å²) in [6.45, 7) is 3.91. The minimum Gasteiger partial charge on any atom is -0.329 e. The Balaban J connectivity index is 1.57. The quantitative estimate of drug-likeness (QED) is 0.428. The van der Waals surface area contributed by atoms with Gasteiger partial charge in [0.1, 0.15) is 17.7 Å². The number of nitrogens with zero attached hydrogens (tertiary/aromatic N) is 5. The molecule has 0 spiro atoms. The van der Waals surface area contributed by atoms with Crippen molar-refractivity contribution in [2.75, 3.05) is 5.32 Å². The third kappa shape index (κ3) is 4.45. The Morgan fingerprint density at radius 3 is 2.67 bits per heavy atom. The number of halogens is 3. The fourth-order valence-corrected chi connectivity index (χ4v) is 3.42. The summed E-state index contributed by atoms with van der Waals surface area (Å²) in [5, 5.41) is 8.27. The molecule has 1 amide bonds. The number of aromatic amines is 1. The summed E-state index contributed by atoms with van der Waals surface area (Å²) in [7, 11) is 0. The number of aromatic nitrogens is 6. The minimum atomic E-state index is -4.65. The number of anilines is 1. The number of fused-ring (bicyclic) bond motifs is 1. The van der Waals surface area contributed by atoms with E-state index in [0.29, 0.717) is 16.6 Å². The molecule has 170 valence electrons. The second kappa shape index (κ2) is 8.45. The van der Waals surface area contributed by atoms with E-state index in [-0.39, 0.29) is 28.6 Å². The van der Waals surface area contributed by atoms with Gasteiger partial charge >= 0.3 is 6.18 Å². The molecule has 0 aromatic carbocycles. The number of hydrogen-bond donors (Lipinski definition) is 2. The van der Waals surface area contributed by atoms with Gasteiger partial charge in [-0.1, -0.05) is 0 Å². The number of pyridine rings is 1. The highest BCUT2D eigenvalue weighted by molar-refractivity contribution is 6.16. The van der Waals surface area contributed by atoms with Gasteiger partial charge < -0.3 is 9.88 Å². The Morgan fingerprint density at radius 2 is 1.94 bits per heavy atom. The summed E-state index contributed by atoms with van der Waals surface area (Å²) < 4.78 is 40.7. The van der Waals surface area contributed by atoms with E-state index in [1.54, 1.807) is 12.4 Å². The molecule has 9 nitrogen and oxygen atoms in total. The van der Waals surface area contributed by atoms with Gasteiger partial charge in [-0.2, -0.15) is 18.3 Å². The van der Waals surface area contributed by atoms with Gasteiger partial charge in [-0.05, 0) is 19.9 Å². The molecule has 0 aliphatic rings. The molecular weight excluding hydrogens is 439 g/mol. The second-order valence-corrected chi connectivity index (χ2v) is 7.59. The highest BCUT2D eigenvalue weighted by Crippen LogP contribution is 2.30. The van der Waals surface area contributed by atoms with Crippen molar-refractivity contribution in [2.45, 2.75) is 32.5 Å². The summed E-state index contributed by atoms with van der Waals surface area (Å²) in [6.07, 6.45) is 3.03.